The van der Waals surface area contributed by atoms with Gasteiger partial charge < -0.3 is 28.8 Å². The maximum atomic E-state index is 12.9. The van der Waals surface area contributed by atoms with Gasteiger partial charge in [0, 0.05) is 6.42 Å². The normalized spacial score (nSPS) is 14.6. The van der Waals surface area contributed by atoms with Gasteiger partial charge in [0.05, 0.1) is 39.9 Å². The Morgan fingerprint density at radius 3 is 1.24 bits per heavy atom. The van der Waals surface area contributed by atoms with E-state index in [4.69, 9.17) is 9.05 Å². The van der Waals surface area contributed by atoms with Gasteiger partial charge in [0.15, 0.2) is 0 Å². The molecule has 0 bridgehead atoms. The Hall–Kier alpha value is -2.84. The number of phosphoric acid groups is 1. The molecule has 75 heavy (non-hydrogen) atoms. The molecular formula is C66H117N2O6P. The molecule has 0 fully saturated rings. The molecule has 9 heteroatoms. The molecule has 0 aliphatic rings. The summed E-state index contributed by atoms with van der Waals surface area (Å²) in [5, 5.41) is 13.8. The molecule has 3 unspecified atom stereocenters. The third-order valence-electron chi connectivity index (χ3n) is 13.2. The fraction of sp³-hybridized carbons (Fsp3) is 0.712. The molecule has 0 aliphatic heterocycles. The molecule has 3 atom stereocenters. The summed E-state index contributed by atoms with van der Waals surface area (Å²) in [6.45, 7) is 4.45. The van der Waals surface area contributed by atoms with Gasteiger partial charge in [-0.2, -0.15) is 0 Å². The van der Waals surface area contributed by atoms with Crippen LogP contribution in [0.15, 0.2) is 109 Å². The highest BCUT2D eigenvalue weighted by Crippen LogP contribution is 2.38. The van der Waals surface area contributed by atoms with Gasteiger partial charge in [-0.05, 0) is 89.9 Å². The molecule has 0 aromatic rings. The highest BCUT2D eigenvalue weighted by molar-refractivity contribution is 7.45. The van der Waals surface area contributed by atoms with Crippen LogP contribution in [0.2, 0.25) is 0 Å². The maximum Gasteiger partial charge on any atom is 0.268 e. The van der Waals surface area contributed by atoms with Gasteiger partial charge in [-0.25, -0.2) is 0 Å². The van der Waals surface area contributed by atoms with Gasteiger partial charge in [0.25, 0.3) is 7.82 Å². The molecule has 0 aromatic heterocycles. The second-order valence-corrected chi connectivity index (χ2v) is 23.1. The summed E-state index contributed by atoms with van der Waals surface area (Å²) in [5.41, 5.74) is 0. The van der Waals surface area contributed by atoms with Crippen molar-refractivity contribution >= 4 is 13.7 Å². The summed E-state index contributed by atoms with van der Waals surface area (Å²) in [5.74, 6) is -0.213. The third kappa shape index (κ3) is 58.7. The standard InChI is InChI=1S/C66H117N2O6P/c1-6-8-10-12-14-16-18-20-21-22-23-24-25-26-27-28-29-30-31-32-33-34-35-36-37-38-39-40-41-42-43-44-45-46-47-48-50-52-54-56-58-60-66(70)67-64(63-74-75(71,72)73-62-61-68(3,4)5)65(69)59-57-55-53-51-49-19-17-15-13-11-9-7-2/h8,10,13-16,20-21,23-24,26-27,29-30,49,51,57,59,64-65,69H,6-7,9,11-12,17-19,22,25,28,31-48,50,52-56,58,60-63H2,1-5H3,(H-,67,70,71,72)/b10-8-,15-13+,16-14-,21-20-,24-23-,27-26-,30-29-,51-49+,59-57+. The van der Waals surface area contributed by atoms with Gasteiger partial charge in [0.2, 0.25) is 5.91 Å². The monoisotopic (exact) mass is 1060 g/mol. The van der Waals surface area contributed by atoms with Crippen LogP contribution in [0.4, 0.5) is 0 Å². The molecule has 0 saturated heterocycles. The lowest BCUT2D eigenvalue weighted by atomic mass is 10.0. The number of hydrogen-bond acceptors (Lipinski definition) is 6. The number of aliphatic hydroxyl groups excluding tert-OH is 1. The first-order valence-electron chi connectivity index (χ1n) is 30.7. The summed E-state index contributed by atoms with van der Waals surface area (Å²) in [6.07, 6.45) is 82.1. The number of rotatable bonds is 55. The van der Waals surface area contributed by atoms with Gasteiger partial charge >= 0.3 is 0 Å². The van der Waals surface area contributed by atoms with Crippen molar-refractivity contribution in [3.05, 3.63) is 109 Å². The molecule has 0 aromatic carbocycles. The molecule has 1 amide bonds. The Morgan fingerprint density at radius 1 is 0.480 bits per heavy atom. The lowest BCUT2D eigenvalue weighted by Gasteiger charge is -2.29. The van der Waals surface area contributed by atoms with Crippen LogP contribution in [0.3, 0.4) is 0 Å². The molecule has 432 valence electrons. The van der Waals surface area contributed by atoms with Crippen molar-refractivity contribution in [2.45, 2.75) is 264 Å². The van der Waals surface area contributed by atoms with Crippen molar-refractivity contribution in [1.29, 1.82) is 0 Å². The quantitative estimate of drug-likeness (QED) is 0.0272. The van der Waals surface area contributed by atoms with Gasteiger partial charge in [-0.1, -0.05) is 264 Å². The van der Waals surface area contributed by atoms with E-state index in [-0.39, 0.29) is 12.5 Å². The van der Waals surface area contributed by atoms with Crippen LogP contribution in [0, 0.1) is 0 Å². The van der Waals surface area contributed by atoms with Gasteiger partial charge in [-0.3, -0.25) is 9.36 Å². The van der Waals surface area contributed by atoms with Crippen LogP contribution in [-0.2, 0) is 18.4 Å². The largest absolute Gasteiger partial charge is 0.756 e. The van der Waals surface area contributed by atoms with Crippen LogP contribution in [0.1, 0.15) is 251 Å². The molecule has 0 spiro atoms. The Labute approximate surface area is 463 Å². The predicted octanol–water partition coefficient (Wildman–Crippen LogP) is 18.5. The number of carbonyl (C=O) groups is 1. The minimum atomic E-state index is -4.61. The Bertz CT molecular complexity index is 1590. The molecule has 0 rings (SSSR count). The first-order valence-corrected chi connectivity index (χ1v) is 32.2. The lowest BCUT2D eigenvalue weighted by molar-refractivity contribution is -0.870. The van der Waals surface area contributed by atoms with Crippen LogP contribution in [-0.4, -0.2) is 68.5 Å². The van der Waals surface area contributed by atoms with Crippen molar-refractivity contribution < 1.29 is 32.9 Å². The molecule has 8 nitrogen and oxygen atoms in total. The van der Waals surface area contributed by atoms with E-state index < -0.39 is 26.6 Å². The number of nitrogens with one attached hydrogen (secondary N) is 1. The molecule has 0 radical (unpaired) electrons. The number of quaternary nitrogens is 1. The zero-order valence-electron chi connectivity index (χ0n) is 49.2. The average molecular weight is 1070 g/mol. The van der Waals surface area contributed by atoms with Crippen molar-refractivity contribution in [2.24, 2.45) is 0 Å². The summed E-state index contributed by atoms with van der Waals surface area (Å²) >= 11 is 0. The number of amides is 1. The van der Waals surface area contributed by atoms with Crippen molar-refractivity contribution in [3.63, 3.8) is 0 Å². The minimum absolute atomic E-state index is 0.0115. The summed E-state index contributed by atoms with van der Waals surface area (Å²) in [4.78, 5) is 25.4. The van der Waals surface area contributed by atoms with Crippen molar-refractivity contribution in [2.75, 3.05) is 40.9 Å². The molecule has 0 saturated carbocycles. The van der Waals surface area contributed by atoms with Crippen LogP contribution < -0.4 is 10.2 Å². The van der Waals surface area contributed by atoms with Crippen LogP contribution in [0.5, 0.6) is 0 Å². The zero-order chi connectivity index (χ0) is 54.9. The van der Waals surface area contributed by atoms with Crippen molar-refractivity contribution in [1.82, 2.24) is 5.32 Å². The lowest BCUT2D eigenvalue weighted by Crippen LogP contribution is -2.45. The number of carbonyl (C=O) groups excluding carboxylic acids is 1. The van der Waals surface area contributed by atoms with Crippen molar-refractivity contribution in [3.8, 4) is 0 Å². The minimum Gasteiger partial charge on any atom is -0.756 e. The molecule has 2 N–H and O–H groups in total. The van der Waals surface area contributed by atoms with Crippen LogP contribution in [0.25, 0.3) is 0 Å². The fourth-order valence-corrected chi connectivity index (χ4v) is 9.13. The number of aliphatic hydroxyl groups is 1. The van der Waals surface area contributed by atoms with E-state index >= 15 is 0 Å². The van der Waals surface area contributed by atoms with E-state index in [0.717, 1.165) is 89.9 Å². The third-order valence-corrected chi connectivity index (χ3v) is 14.2. The number of allylic oxidation sites excluding steroid dienone is 17. The second-order valence-electron chi connectivity index (χ2n) is 21.7. The van der Waals surface area contributed by atoms with E-state index in [2.05, 4.69) is 116 Å². The number of unbranched alkanes of at least 4 members (excludes halogenated alkanes) is 26. The SMILES string of the molecule is CC/C=C\C/C=C\C/C=C\C/C=C\C/C=C\C/C=C\CCCCCCCCCCCCCCCCCCCCCCCCC(=O)NC(COP(=O)([O-])OCC[N+](C)(C)C)C(O)/C=C/CC/C=C/CC/C=C/CCCC. The number of likely N-dealkylation sites (N-methyl/N-ethyl adjacent to an activating group) is 1. The highest BCUT2D eigenvalue weighted by atomic mass is 31.2. The number of phosphoric ester groups is 1. The van der Waals surface area contributed by atoms with E-state index in [1.807, 2.05) is 27.2 Å². The summed E-state index contributed by atoms with van der Waals surface area (Å²) in [7, 11) is 1.23. The Balaban J connectivity index is 3.91. The molecular weight excluding hydrogens is 948 g/mol. The van der Waals surface area contributed by atoms with E-state index in [1.54, 1.807) is 6.08 Å². The molecule has 0 aliphatic carbocycles. The molecule has 0 heterocycles. The van der Waals surface area contributed by atoms with Gasteiger partial charge in [-0.15, -0.1) is 0 Å². The maximum absolute atomic E-state index is 12.9. The smallest absolute Gasteiger partial charge is 0.268 e. The van der Waals surface area contributed by atoms with E-state index in [9.17, 15) is 19.4 Å². The second kappa shape index (κ2) is 55.9. The summed E-state index contributed by atoms with van der Waals surface area (Å²) < 4.78 is 23.3. The Morgan fingerprint density at radius 2 is 0.827 bits per heavy atom. The fourth-order valence-electron chi connectivity index (χ4n) is 8.41. The zero-order valence-corrected chi connectivity index (χ0v) is 50.1. The van der Waals surface area contributed by atoms with E-state index in [0.29, 0.717) is 17.4 Å². The number of nitrogens with zero attached hydrogens (tertiary/aromatic N) is 1. The average Bonchev–Trinajstić information content (AvgIpc) is 3.37. The summed E-state index contributed by atoms with van der Waals surface area (Å²) in [6, 6.07) is -0.912. The topological polar surface area (TPSA) is 108 Å². The van der Waals surface area contributed by atoms with Crippen LogP contribution >= 0.6 is 7.82 Å². The predicted molar refractivity (Wildman–Crippen MR) is 325 cm³/mol. The first-order chi connectivity index (χ1) is 36.5. The van der Waals surface area contributed by atoms with Gasteiger partial charge in [0.1, 0.15) is 13.2 Å². The first kappa shape index (κ1) is 72.2. The van der Waals surface area contributed by atoms with E-state index in [1.165, 1.54) is 141 Å². The Kier molecular flexibility index (Phi) is 53.8. The highest BCUT2D eigenvalue weighted by Gasteiger charge is 2.23. The number of hydrogen-bond donors (Lipinski definition) is 2.